The minimum absolute atomic E-state index is 0.371. The molecule has 4 nitrogen and oxygen atoms in total. The average molecular weight is 243 g/mol. The second-order valence-corrected chi connectivity index (χ2v) is 5.75. The molecule has 1 aromatic heterocycles. The van der Waals surface area contributed by atoms with E-state index < -0.39 is 10.8 Å². The van der Waals surface area contributed by atoms with E-state index in [9.17, 15) is 4.21 Å². The molecule has 1 heterocycles. The van der Waals surface area contributed by atoms with Crippen molar-refractivity contribution in [3.63, 3.8) is 0 Å². The molecule has 5 heteroatoms. The van der Waals surface area contributed by atoms with E-state index in [0.717, 1.165) is 18.8 Å². The first-order valence-electron chi connectivity index (χ1n) is 5.52. The fourth-order valence-electron chi connectivity index (χ4n) is 1.54. The second-order valence-electron chi connectivity index (χ2n) is 4.20. The number of nitrogens with zero attached hydrogens (tertiary/aromatic N) is 2. The highest BCUT2D eigenvalue weighted by molar-refractivity contribution is 7.84. The summed E-state index contributed by atoms with van der Waals surface area (Å²) in [6.45, 7) is 7.94. The van der Waals surface area contributed by atoms with Crippen LogP contribution in [0.25, 0.3) is 0 Å². The van der Waals surface area contributed by atoms with Gasteiger partial charge in [0.1, 0.15) is 0 Å². The van der Waals surface area contributed by atoms with Crippen LogP contribution in [0, 0.1) is 13.8 Å². The van der Waals surface area contributed by atoms with Gasteiger partial charge in [0, 0.05) is 47.6 Å². The van der Waals surface area contributed by atoms with Gasteiger partial charge in [0.25, 0.3) is 0 Å². The number of hydrogen-bond donors (Lipinski definition) is 1. The zero-order valence-corrected chi connectivity index (χ0v) is 11.3. The molecule has 1 aromatic rings. The first-order valence-corrected chi connectivity index (χ1v) is 7.25. The fraction of sp³-hybridized carbons (Fsp3) is 0.727. The van der Waals surface area contributed by atoms with Gasteiger partial charge >= 0.3 is 0 Å². The summed E-state index contributed by atoms with van der Waals surface area (Å²) in [7, 11) is -0.710. The zero-order chi connectivity index (χ0) is 12.1. The monoisotopic (exact) mass is 243 g/mol. The molecule has 0 aromatic carbocycles. The Balaban J connectivity index is 2.37. The highest BCUT2D eigenvalue weighted by Gasteiger charge is 2.06. The van der Waals surface area contributed by atoms with E-state index in [4.69, 9.17) is 0 Å². The molecular formula is C11H21N3OS. The number of imidazole rings is 1. The van der Waals surface area contributed by atoms with Crippen LogP contribution in [0.4, 0.5) is 0 Å². The van der Waals surface area contributed by atoms with Crippen LogP contribution in [0.1, 0.15) is 18.3 Å². The van der Waals surface area contributed by atoms with Crippen molar-refractivity contribution in [2.24, 2.45) is 0 Å². The van der Waals surface area contributed by atoms with Gasteiger partial charge in [0.15, 0.2) is 0 Å². The molecule has 92 valence electrons. The Morgan fingerprint density at radius 3 is 2.75 bits per heavy atom. The second kappa shape index (κ2) is 6.15. The largest absolute Gasteiger partial charge is 0.333 e. The molecule has 0 saturated carbocycles. The van der Waals surface area contributed by atoms with Crippen LogP contribution in [-0.2, 0) is 17.3 Å². The first-order chi connectivity index (χ1) is 7.50. The molecule has 0 radical (unpaired) electrons. The van der Waals surface area contributed by atoms with Gasteiger partial charge in [0.05, 0.1) is 12.0 Å². The molecule has 0 aliphatic rings. The SMILES string of the molecule is Cc1ncn(CC(C)NCCS(C)=O)c1C. The molecule has 0 amide bonds. The standard InChI is InChI=1S/C11H21N3OS/c1-9(12-5-6-16(4)15)7-14-8-13-10(2)11(14)3/h8-9,12H,5-7H2,1-4H3. The van der Waals surface area contributed by atoms with Crippen molar-refractivity contribution in [2.45, 2.75) is 33.4 Å². The Morgan fingerprint density at radius 2 is 2.25 bits per heavy atom. The summed E-state index contributed by atoms with van der Waals surface area (Å²) in [4.78, 5) is 4.26. The van der Waals surface area contributed by atoms with Gasteiger partial charge in [-0.05, 0) is 20.8 Å². The summed E-state index contributed by atoms with van der Waals surface area (Å²) in [5, 5.41) is 3.36. The Morgan fingerprint density at radius 1 is 1.56 bits per heavy atom. The van der Waals surface area contributed by atoms with Gasteiger partial charge in [-0.25, -0.2) is 4.98 Å². The summed E-state index contributed by atoms with van der Waals surface area (Å²) in [5.74, 6) is 0.715. The Labute approximate surface area is 99.9 Å². The molecule has 0 aliphatic heterocycles. The van der Waals surface area contributed by atoms with Gasteiger partial charge in [-0.3, -0.25) is 4.21 Å². The minimum Gasteiger partial charge on any atom is -0.333 e. The van der Waals surface area contributed by atoms with Crippen molar-refractivity contribution in [3.05, 3.63) is 17.7 Å². The smallest absolute Gasteiger partial charge is 0.0951 e. The predicted octanol–water partition coefficient (Wildman–Crippen LogP) is 0.857. The molecule has 0 spiro atoms. The number of aryl methyl sites for hydroxylation is 1. The summed E-state index contributed by atoms with van der Waals surface area (Å²) < 4.78 is 13.0. The summed E-state index contributed by atoms with van der Waals surface area (Å²) in [6, 6.07) is 0.371. The fourth-order valence-corrected chi connectivity index (χ4v) is 1.94. The molecule has 0 saturated heterocycles. The number of aromatic nitrogens is 2. The van der Waals surface area contributed by atoms with Gasteiger partial charge in [-0.2, -0.15) is 0 Å². The van der Waals surface area contributed by atoms with Gasteiger partial charge in [-0.15, -0.1) is 0 Å². The van der Waals surface area contributed by atoms with Crippen molar-refractivity contribution in [3.8, 4) is 0 Å². The van der Waals surface area contributed by atoms with E-state index in [2.05, 4.69) is 28.7 Å². The maximum absolute atomic E-state index is 10.9. The van der Waals surface area contributed by atoms with Crippen LogP contribution in [0.15, 0.2) is 6.33 Å². The maximum atomic E-state index is 10.9. The Hall–Kier alpha value is -0.680. The quantitative estimate of drug-likeness (QED) is 0.806. The number of rotatable bonds is 6. The minimum atomic E-state index is -0.710. The van der Waals surface area contributed by atoms with E-state index in [1.54, 1.807) is 6.26 Å². The van der Waals surface area contributed by atoms with Gasteiger partial charge in [0.2, 0.25) is 0 Å². The highest BCUT2D eigenvalue weighted by atomic mass is 32.2. The van der Waals surface area contributed by atoms with Crippen molar-refractivity contribution < 1.29 is 4.21 Å². The third-order valence-electron chi connectivity index (χ3n) is 2.70. The summed E-state index contributed by atoms with van der Waals surface area (Å²) in [5.41, 5.74) is 2.30. The summed E-state index contributed by atoms with van der Waals surface area (Å²) in [6.07, 6.45) is 3.61. The molecule has 0 bridgehead atoms. The molecular weight excluding hydrogens is 222 g/mol. The predicted molar refractivity (Wildman–Crippen MR) is 68.1 cm³/mol. The van der Waals surface area contributed by atoms with Crippen LogP contribution in [0.3, 0.4) is 0 Å². The third kappa shape index (κ3) is 4.06. The molecule has 1 rings (SSSR count). The van der Waals surface area contributed by atoms with Crippen LogP contribution in [-0.4, -0.2) is 38.4 Å². The average Bonchev–Trinajstić information content (AvgIpc) is 2.49. The lowest BCUT2D eigenvalue weighted by Crippen LogP contribution is -2.33. The molecule has 0 fully saturated rings. The highest BCUT2D eigenvalue weighted by Crippen LogP contribution is 2.04. The van der Waals surface area contributed by atoms with E-state index in [-0.39, 0.29) is 0 Å². The number of hydrogen-bond acceptors (Lipinski definition) is 3. The third-order valence-corrected chi connectivity index (χ3v) is 3.48. The van der Waals surface area contributed by atoms with E-state index in [1.807, 2.05) is 13.3 Å². The van der Waals surface area contributed by atoms with Crippen molar-refractivity contribution in [1.82, 2.24) is 14.9 Å². The van der Waals surface area contributed by atoms with E-state index >= 15 is 0 Å². The lowest BCUT2D eigenvalue weighted by molar-refractivity contribution is 0.484. The Bertz CT molecular complexity index is 362. The van der Waals surface area contributed by atoms with Crippen LogP contribution >= 0.6 is 0 Å². The van der Waals surface area contributed by atoms with Crippen LogP contribution in [0.5, 0.6) is 0 Å². The normalized spacial score (nSPS) is 15.0. The molecule has 0 aliphatic carbocycles. The van der Waals surface area contributed by atoms with E-state index in [0.29, 0.717) is 11.8 Å². The molecule has 1 N–H and O–H groups in total. The van der Waals surface area contributed by atoms with Crippen molar-refractivity contribution >= 4 is 10.8 Å². The lowest BCUT2D eigenvalue weighted by atomic mass is 10.3. The maximum Gasteiger partial charge on any atom is 0.0951 e. The van der Waals surface area contributed by atoms with Crippen molar-refractivity contribution in [2.75, 3.05) is 18.6 Å². The van der Waals surface area contributed by atoms with Crippen molar-refractivity contribution in [1.29, 1.82) is 0 Å². The van der Waals surface area contributed by atoms with Gasteiger partial charge < -0.3 is 9.88 Å². The lowest BCUT2D eigenvalue weighted by Gasteiger charge is -2.15. The Kier molecular flexibility index (Phi) is 5.15. The number of nitrogens with one attached hydrogen (secondary N) is 1. The zero-order valence-electron chi connectivity index (χ0n) is 10.5. The van der Waals surface area contributed by atoms with Crippen LogP contribution in [0.2, 0.25) is 0 Å². The van der Waals surface area contributed by atoms with E-state index in [1.165, 1.54) is 5.69 Å². The molecule has 2 unspecified atom stereocenters. The first kappa shape index (κ1) is 13.4. The summed E-state index contributed by atoms with van der Waals surface area (Å²) >= 11 is 0. The van der Waals surface area contributed by atoms with Gasteiger partial charge in [-0.1, -0.05) is 0 Å². The molecule has 16 heavy (non-hydrogen) atoms. The molecule has 2 atom stereocenters. The topological polar surface area (TPSA) is 46.9 Å². The van der Waals surface area contributed by atoms with Crippen LogP contribution < -0.4 is 5.32 Å².